The van der Waals surface area contributed by atoms with E-state index in [4.69, 9.17) is 15.2 Å². The number of ether oxygens (including phenoxy) is 2. The first-order valence-corrected chi connectivity index (χ1v) is 8.52. The van der Waals surface area contributed by atoms with Crippen LogP contribution in [0.2, 0.25) is 0 Å². The predicted octanol–water partition coefficient (Wildman–Crippen LogP) is 2.31. The molecule has 0 radical (unpaired) electrons. The molecule has 5 nitrogen and oxygen atoms in total. The Kier molecular flexibility index (Phi) is 5.64. The molecule has 0 spiro atoms. The summed E-state index contributed by atoms with van der Waals surface area (Å²) in [5.74, 6) is 1.17. The second-order valence-corrected chi connectivity index (χ2v) is 8.83. The van der Waals surface area contributed by atoms with Gasteiger partial charge in [-0.05, 0) is 33.8 Å². The van der Waals surface area contributed by atoms with E-state index < -0.39 is 14.6 Å². The number of hydrogen-bond acceptors (Lipinski definition) is 5. The van der Waals surface area contributed by atoms with Crippen molar-refractivity contribution < 1.29 is 17.9 Å². The smallest absolute Gasteiger partial charge is 0.158 e. The molecule has 0 heterocycles. The fourth-order valence-corrected chi connectivity index (χ4v) is 2.63. The first-order chi connectivity index (χ1) is 9.58. The SMILES string of the molecule is COc1ccc(C(C)N)c(OCCS(=O)(=O)C(C)(C)C)c1. The second-order valence-electron chi connectivity index (χ2n) is 5.97. The van der Waals surface area contributed by atoms with Crippen molar-refractivity contribution in [1.29, 1.82) is 0 Å². The number of rotatable bonds is 6. The van der Waals surface area contributed by atoms with Gasteiger partial charge in [-0.1, -0.05) is 6.07 Å². The first kappa shape index (κ1) is 17.8. The average Bonchev–Trinajstić information content (AvgIpc) is 2.36. The molecular weight excluding hydrogens is 290 g/mol. The Morgan fingerprint density at radius 2 is 1.90 bits per heavy atom. The zero-order valence-corrected chi connectivity index (χ0v) is 14.2. The van der Waals surface area contributed by atoms with Gasteiger partial charge in [0, 0.05) is 17.7 Å². The quantitative estimate of drug-likeness (QED) is 0.871. The minimum atomic E-state index is -3.20. The molecule has 1 unspecified atom stereocenters. The van der Waals surface area contributed by atoms with Gasteiger partial charge in [-0.2, -0.15) is 0 Å². The van der Waals surface area contributed by atoms with Crippen molar-refractivity contribution in [2.75, 3.05) is 19.5 Å². The summed E-state index contributed by atoms with van der Waals surface area (Å²) in [7, 11) is -1.64. The first-order valence-electron chi connectivity index (χ1n) is 6.87. The molecule has 21 heavy (non-hydrogen) atoms. The normalized spacial score (nSPS) is 13.8. The van der Waals surface area contributed by atoms with Gasteiger partial charge in [0.2, 0.25) is 0 Å². The van der Waals surface area contributed by atoms with Crippen molar-refractivity contribution in [1.82, 2.24) is 0 Å². The van der Waals surface area contributed by atoms with Gasteiger partial charge in [0.15, 0.2) is 9.84 Å². The molecule has 0 saturated heterocycles. The summed E-state index contributed by atoms with van der Waals surface area (Å²) in [5.41, 5.74) is 6.72. The zero-order valence-electron chi connectivity index (χ0n) is 13.3. The lowest BCUT2D eigenvalue weighted by Crippen LogP contribution is -2.32. The van der Waals surface area contributed by atoms with Crippen LogP contribution in [0, 0.1) is 0 Å². The topological polar surface area (TPSA) is 78.6 Å². The van der Waals surface area contributed by atoms with Gasteiger partial charge in [-0.15, -0.1) is 0 Å². The van der Waals surface area contributed by atoms with Crippen LogP contribution >= 0.6 is 0 Å². The molecule has 0 aromatic heterocycles. The molecule has 0 bridgehead atoms. The molecule has 0 saturated carbocycles. The van der Waals surface area contributed by atoms with E-state index in [-0.39, 0.29) is 18.4 Å². The highest BCUT2D eigenvalue weighted by atomic mass is 32.2. The lowest BCUT2D eigenvalue weighted by atomic mass is 10.1. The van der Waals surface area contributed by atoms with Crippen molar-refractivity contribution in [2.24, 2.45) is 5.73 Å². The molecule has 0 aliphatic rings. The van der Waals surface area contributed by atoms with Crippen LogP contribution in [0.25, 0.3) is 0 Å². The fraction of sp³-hybridized carbons (Fsp3) is 0.600. The Balaban J connectivity index is 2.84. The minimum Gasteiger partial charge on any atom is -0.497 e. The highest BCUT2D eigenvalue weighted by molar-refractivity contribution is 7.92. The van der Waals surface area contributed by atoms with E-state index in [1.54, 1.807) is 40.0 Å². The Bertz CT molecular complexity index is 574. The maximum Gasteiger partial charge on any atom is 0.158 e. The Labute approximate surface area is 127 Å². The van der Waals surface area contributed by atoms with Crippen LogP contribution in [0.1, 0.15) is 39.3 Å². The maximum absolute atomic E-state index is 12.1. The third-order valence-corrected chi connectivity index (χ3v) is 5.82. The lowest BCUT2D eigenvalue weighted by Gasteiger charge is -2.20. The molecule has 1 aromatic carbocycles. The molecule has 0 amide bonds. The van der Waals surface area contributed by atoms with Gasteiger partial charge in [-0.3, -0.25) is 0 Å². The van der Waals surface area contributed by atoms with Crippen molar-refractivity contribution in [3.63, 3.8) is 0 Å². The molecule has 2 N–H and O–H groups in total. The van der Waals surface area contributed by atoms with Gasteiger partial charge in [0.05, 0.1) is 17.6 Å². The third-order valence-electron chi connectivity index (χ3n) is 3.25. The number of hydrogen-bond donors (Lipinski definition) is 1. The predicted molar refractivity (Wildman–Crippen MR) is 84.6 cm³/mol. The third kappa shape index (κ3) is 4.61. The number of benzene rings is 1. The number of sulfone groups is 1. The summed E-state index contributed by atoms with van der Waals surface area (Å²) in [6.45, 7) is 6.98. The average molecular weight is 315 g/mol. The van der Waals surface area contributed by atoms with E-state index in [2.05, 4.69) is 0 Å². The van der Waals surface area contributed by atoms with E-state index in [1.807, 2.05) is 13.0 Å². The molecule has 1 aromatic rings. The van der Waals surface area contributed by atoms with E-state index in [0.717, 1.165) is 5.56 Å². The van der Waals surface area contributed by atoms with E-state index in [0.29, 0.717) is 11.5 Å². The van der Waals surface area contributed by atoms with Gasteiger partial charge < -0.3 is 15.2 Å². The molecule has 1 rings (SSSR count). The highest BCUT2D eigenvalue weighted by Gasteiger charge is 2.28. The van der Waals surface area contributed by atoms with Gasteiger partial charge in [0.25, 0.3) is 0 Å². The summed E-state index contributed by atoms with van der Waals surface area (Å²) in [4.78, 5) is 0. The summed E-state index contributed by atoms with van der Waals surface area (Å²) in [6, 6.07) is 5.15. The van der Waals surface area contributed by atoms with Gasteiger partial charge >= 0.3 is 0 Å². The maximum atomic E-state index is 12.1. The van der Waals surface area contributed by atoms with Crippen LogP contribution in [0.5, 0.6) is 11.5 Å². The fourth-order valence-electron chi connectivity index (χ4n) is 1.71. The molecule has 0 aliphatic carbocycles. The summed E-state index contributed by atoms with van der Waals surface area (Å²) in [6.07, 6.45) is 0. The minimum absolute atomic E-state index is 0.0356. The van der Waals surface area contributed by atoms with Crippen LogP contribution in [0.4, 0.5) is 0 Å². The Hall–Kier alpha value is -1.27. The summed E-state index contributed by atoms with van der Waals surface area (Å²) < 4.78 is 34.1. The van der Waals surface area contributed by atoms with Crippen LogP contribution < -0.4 is 15.2 Å². The van der Waals surface area contributed by atoms with Crippen LogP contribution in [-0.4, -0.2) is 32.6 Å². The van der Waals surface area contributed by atoms with E-state index in [9.17, 15) is 8.42 Å². The van der Waals surface area contributed by atoms with E-state index >= 15 is 0 Å². The van der Waals surface area contributed by atoms with Crippen molar-refractivity contribution in [3.05, 3.63) is 23.8 Å². The molecule has 6 heteroatoms. The van der Waals surface area contributed by atoms with Crippen LogP contribution in [-0.2, 0) is 9.84 Å². The second kappa shape index (κ2) is 6.66. The lowest BCUT2D eigenvalue weighted by molar-refractivity contribution is 0.330. The van der Waals surface area contributed by atoms with E-state index in [1.165, 1.54) is 0 Å². The monoisotopic (exact) mass is 315 g/mol. The summed E-state index contributed by atoms with van der Waals surface area (Å²) >= 11 is 0. The van der Waals surface area contributed by atoms with Crippen LogP contribution in [0.3, 0.4) is 0 Å². The Morgan fingerprint density at radius 1 is 1.29 bits per heavy atom. The molecular formula is C15H25NO4S. The summed E-state index contributed by atoms with van der Waals surface area (Å²) in [5, 5.41) is 0. The highest BCUT2D eigenvalue weighted by Crippen LogP contribution is 2.28. The zero-order chi connectivity index (χ0) is 16.3. The largest absolute Gasteiger partial charge is 0.497 e. The van der Waals surface area contributed by atoms with Gasteiger partial charge in [-0.25, -0.2) is 8.42 Å². The number of methoxy groups -OCH3 is 1. The molecule has 1 atom stereocenters. The Morgan fingerprint density at radius 3 is 2.38 bits per heavy atom. The van der Waals surface area contributed by atoms with Crippen molar-refractivity contribution >= 4 is 9.84 Å². The standard InChI is InChI=1S/C15H25NO4S/c1-11(16)13-7-6-12(19-5)10-14(13)20-8-9-21(17,18)15(2,3)4/h6-7,10-11H,8-9,16H2,1-5H3. The van der Waals surface area contributed by atoms with Gasteiger partial charge in [0.1, 0.15) is 18.1 Å². The van der Waals surface area contributed by atoms with Crippen LogP contribution in [0.15, 0.2) is 18.2 Å². The molecule has 0 aliphatic heterocycles. The number of nitrogens with two attached hydrogens (primary N) is 1. The molecule has 0 fully saturated rings. The van der Waals surface area contributed by atoms with Crippen molar-refractivity contribution in [2.45, 2.75) is 38.5 Å². The van der Waals surface area contributed by atoms with Crippen molar-refractivity contribution in [3.8, 4) is 11.5 Å². The molecule has 120 valence electrons.